The van der Waals surface area contributed by atoms with Crippen molar-refractivity contribution >= 4 is 0 Å². The van der Waals surface area contributed by atoms with Crippen LogP contribution in [0.5, 0.6) is 5.75 Å². The number of hydrogen-bond acceptors (Lipinski definition) is 2. The molecule has 0 saturated carbocycles. The maximum Gasteiger partial charge on any atom is 0.119 e. The van der Waals surface area contributed by atoms with Crippen LogP contribution in [0.2, 0.25) is 0 Å². The number of hydrogen-bond donors (Lipinski definition) is 0. The summed E-state index contributed by atoms with van der Waals surface area (Å²) in [4.78, 5) is 2.59. The lowest BCUT2D eigenvalue weighted by atomic mass is 10.1. The standard InChI is InChI=1S/C21H27NO/c1-3-9-19(10-4-1)20-11-13-21(14-12-20)23-18-8-2-5-15-22-16-6-7-17-22/h1,3-4,9-14H,2,5-8,15-18H2. The molecular formula is C21H27NO. The highest BCUT2D eigenvalue weighted by Crippen LogP contribution is 2.22. The minimum absolute atomic E-state index is 0.824. The Balaban J connectivity index is 1.34. The van der Waals surface area contributed by atoms with Gasteiger partial charge >= 0.3 is 0 Å². The summed E-state index contributed by atoms with van der Waals surface area (Å²) >= 11 is 0. The van der Waals surface area contributed by atoms with Crippen LogP contribution < -0.4 is 4.74 Å². The van der Waals surface area contributed by atoms with Crippen molar-refractivity contribution in [2.45, 2.75) is 32.1 Å². The molecule has 23 heavy (non-hydrogen) atoms. The maximum absolute atomic E-state index is 5.86. The molecule has 2 aromatic rings. The van der Waals surface area contributed by atoms with Crippen LogP contribution in [0.4, 0.5) is 0 Å². The van der Waals surface area contributed by atoms with Crippen LogP contribution in [-0.4, -0.2) is 31.1 Å². The zero-order valence-electron chi connectivity index (χ0n) is 13.9. The maximum atomic E-state index is 5.86. The van der Waals surface area contributed by atoms with Gasteiger partial charge in [0.1, 0.15) is 5.75 Å². The molecule has 0 bridgehead atoms. The van der Waals surface area contributed by atoms with Crippen molar-refractivity contribution in [2.75, 3.05) is 26.2 Å². The molecule has 0 amide bonds. The van der Waals surface area contributed by atoms with E-state index in [2.05, 4.69) is 53.4 Å². The van der Waals surface area contributed by atoms with Crippen molar-refractivity contribution in [1.82, 2.24) is 4.90 Å². The van der Waals surface area contributed by atoms with Gasteiger partial charge in [0.25, 0.3) is 0 Å². The second-order valence-corrected chi connectivity index (χ2v) is 6.35. The minimum Gasteiger partial charge on any atom is -0.494 e. The lowest BCUT2D eigenvalue weighted by Crippen LogP contribution is -2.20. The van der Waals surface area contributed by atoms with E-state index >= 15 is 0 Å². The number of nitrogens with zero attached hydrogens (tertiary/aromatic N) is 1. The van der Waals surface area contributed by atoms with E-state index in [0.29, 0.717) is 0 Å². The number of likely N-dealkylation sites (tertiary alicyclic amines) is 1. The highest BCUT2D eigenvalue weighted by atomic mass is 16.5. The predicted molar refractivity (Wildman–Crippen MR) is 96.9 cm³/mol. The molecule has 2 aromatic carbocycles. The SMILES string of the molecule is c1ccc(-c2ccc(OCCCCCN3CCCC3)cc2)cc1. The van der Waals surface area contributed by atoms with E-state index < -0.39 is 0 Å². The predicted octanol–water partition coefficient (Wildman–Crippen LogP) is 5.00. The van der Waals surface area contributed by atoms with E-state index in [1.807, 2.05) is 6.07 Å². The van der Waals surface area contributed by atoms with Crippen molar-refractivity contribution in [2.24, 2.45) is 0 Å². The summed E-state index contributed by atoms with van der Waals surface area (Å²) < 4.78 is 5.86. The zero-order valence-corrected chi connectivity index (χ0v) is 13.9. The molecule has 1 heterocycles. The second-order valence-electron chi connectivity index (χ2n) is 6.35. The Bertz CT molecular complexity index is 558. The summed E-state index contributed by atoms with van der Waals surface area (Å²) in [6.45, 7) is 4.71. The van der Waals surface area contributed by atoms with Crippen LogP contribution >= 0.6 is 0 Å². The van der Waals surface area contributed by atoms with Crippen molar-refractivity contribution in [3.63, 3.8) is 0 Å². The average Bonchev–Trinajstić information content (AvgIpc) is 3.13. The topological polar surface area (TPSA) is 12.5 Å². The monoisotopic (exact) mass is 309 g/mol. The number of rotatable bonds is 8. The van der Waals surface area contributed by atoms with Crippen LogP contribution in [0.1, 0.15) is 32.1 Å². The Morgan fingerprint density at radius 1 is 0.739 bits per heavy atom. The molecule has 0 radical (unpaired) electrons. The van der Waals surface area contributed by atoms with E-state index in [0.717, 1.165) is 18.8 Å². The molecule has 1 aliphatic rings. The molecule has 1 saturated heterocycles. The minimum atomic E-state index is 0.824. The van der Waals surface area contributed by atoms with E-state index in [1.165, 1.54) is 56.4 Å². The van der Waals surface area contributed by atoms with Crippen LogP contribution in [0.15, 0.2) is 54.6 Å². The quantitative estimate of drug-likeness (QED) is 0.636. The smallest absolute Gasteiger partial charge is 0.119 e. The summed E-state index contributed by atoms with van der Waals surface area (Å²) in [5.41, 5.74) is 2.49. The zero-order chi connectivity index (χ0) is 15.7. The summed E-state index contributed by atoms with van der Waals surface area (Å²) in [6, 6.07) is 18.9. The normalized spacial score (nSPS) is 15.0. The summed E-state index contributed by atoms with van der Waals surface area (Å²) in [5.74, 6) is 0.976. The van der Waals surface area contributed by atoms with Gasteiger partial charge in [-0.1, -0.05) is 42.5 Å². The van der Waals surface area contributed by atoms with Gasteiger partial charge < -0.3 is 9.64 Å². The van der Waals surface area contributed by atoms with E-state index in [4.69, 9.17) is 4.74 Å². The molecule has 3 rings (SSSR count). The van der Waals surface area contributed by atoms with Gasteiger partial charge in [-0.25, -0.2) is 0 Å². The third-order valence-corrected chi connectivity index (χ3v) is 4.55. The summed E-state index contributed by atoms with van der Waals surface area (Å²) in [5, 5.41) is 0. The van der Waals surface area contributed by atoms with E-state index in [9.17, 15) is 0 Å². The first-order valence-corrected chi connectivity index (χ1v) is 8.92. The summed E-state index contributed by atoms with van der Waals surface area (Å²) in [6.07, 6.45) is 6.49. The highest BCUT2D eigenvalue weighted by molar-refractivity contribution is 5.63. The van der Waals surface area contributed by atoms with Crippen LogP contribution in [0.3, 0.4) is 0 Å². The van der Waals surface area contributed by atoms with Crippen molar-refractivity contribution in [1.29, 1.82) is 0 Å². The molecule has 0 aliphatic carbocycles. The van der Waals surface area contributed by atoms with Gasteiger partial charge in [-0.3, -0.25) is 0 Å². The highest BCUT2D eigenvalue weighted by Gasteiger charge is 2.09. The Morgan fingerprint density at radius 3 is 2.17 bits per heavy atom. The molecule has 2 heteroatoms. The first-order chi connectivity index (χ1) is 11.4. The molecule has 122 valence electrons. The molecule has 1 aliphatic heterocycles. The molecule has 0 aromatic heterocycles. The van der Waals surface area contributed by atoms with Crippen LogP contribution in [0.25, 0.3) is 11.1 Å². The third kappa shape index (κ3) is 5.11. The number of ether oxygens (including phenoxy) is 1. The van der Waals surface area contributed by atoms with Crippen LogP contribution in [0, 0.1) is 0 Å². The molecule has 0 spiro atoms. The molecule has 2 nitrogen and oxygen atoms in total. The Kier molecular flexibility index (Phi) is 6.10. The van der Waals surface area contributed by atoms with E-state index in [1.54, 1.807) is 0 Å². The van der Waals surface area contributed by atoms with Gasteiger partial charge in [-0.05, 0) is 75.0 Å². The molecule has 0 atom stereocenters. The fourth-order valence-corrected chi connectivity index (χ4v) is 3.18. The molecule has 1 fully saturated rings. The fraction of sp³-hybridized carbons (Fsp3) is 0.429. The van der Waals surface area contributed by atoms with Crippen LogP contribution in [-0.2, 0) is 0 Å². The van der Waals surface area contributed by atoms with Crippen molar-refractivity contribution in [3.8, 4) is 16.9 Å². The average molecular weight is 309 g/mol. The van der Waals surface area contributed by atoms with Gasteiger partial charge in [0.05, 0.1) is 6.61 Å². The van der Waals surface area contributed by atoms with Gasteiger partial charge in [-0.2, -0.15) is 0 Å². The van der Waals surface area contributed by atoms with Gasteiger partial charge in [0.2, 0.25) is 0 Å². The first kappa shape index (κ1) is 16.1. The lowest BCUT2D eigenvalue weighted by molar-refractivity contribution is 0.290. The van der Waals surface area contributed by atoms with E-state index in [-0.39, 0.29) is 0 Å². The van der Waals surface area contributed by atoms with Gasteiger partial charge in [0, 0.05) is 0 Å². The largest absolute Gasteiger partial charge is 0.494 e. The fourth-order valence-electron chi connectivity index (χ4n) is 3.18. The Morgan fingerprint density at radius 2 is 1.43 bits per heavy atom. The Hall–Kier alpha value is -1.80. The lowest BCUT2D eigenvalue weighted by Gasteiger charge is -2.14. The molecular weight excluding hydrogens is 282 g/mol. The molecule has 0 N–H and O–H groups in total. The van der Waals surface area contributed by atoms with Gasteiger partial charge in [-0.15, -0.1) is 0 Å². The second kappa shape index (κ2) is 8.73. The molecule has 0 unspecified atom stereocenters. The Labute approximate surface area is 140 Å². The number of unbranched alkanes of at least 4 members (excludes halogenated alkanes) is 2. The third-order valence-electron chi connectivity index (χ3n) is 4.55. The first-order valence-electron chi connectivity index (χ1n) is 8.92. The van der Waals surface area contributed by atoms with Crippen molar-refractivity contribution in [3.05, 3.63) is 54.6 Å². The number of benzene rings is 2. The summed E-state index contributed by atoms with van der Waals surface area (Å²) in [7, 11) is 0. The van der Waals surface area contributed by atoms with Crippen molar-refractivity contribution < 1.29 is 4.74 Å². The van der Waals surface area contributed by atoms with Gasteiger partial charge in [0.15, 0.2) is 0 Å².